The van der Waals surface area contributed by atoms with Crippen LogP contribution in [0.1, 0.15) is 136 Å². The Hall–Kier alpha value is -0.140. The summed E-state index contributed by atoms with van der Waals surface area (Å²) in [7, 11) is 0. The average Bonchev–Trinajstić information content (AvgIpc) is 2.79. The lowest BCUT2D eigenvalue weighted by atomic mass is 9.63. The van der Waals surface area contributed by atoms with Gasteiger partial charge in [-0.1, -0.05) is 85.0 Å². The van der Waals surface area contributed by atoms with Gasteiger partial charge in [-0.25, -0.2) is 8.78 Å². The first-order chi connectivity index (χ1) is 15.5. The van der Waals surface area contributed by atoms with Gasteiger partial charge in [-0.05, 0) is 86.9 Å². The van der Waals surface area contributed by atoms with Crippen molar-refractivity contribution in [1.82, 2.24) is 0 Å². The second kappa shape index (κ2) is 13.7. The minimum absolute atomic E-state index is 0.196. The summed E-state index contributed by atoms with van der Waals surface area (Å²) in [5.74, 6) is 3.58. The molecule has 0 spiro atoms. The molecule has 0 saturated heterocycles. The van der Waals surface area contributed by atoms with Crippen molar-refractivity contribution < 1.29 is 8.78 Å². The van der Waals surface area contributed by atoms with Gasteiger partial charge in [0.2, 0.25) is 0 Å². The molecule has 3 aliphatic rings. The highest BCUT2D eigenvalue weighted by molar-refractivity contribution is 4.93. The second-order valence-electron chi connectivity index (χ2n) is 12.3. The van der Waals surface area contributed by atoms with Crippen molar-refractivity contribution in [2.24, 2.45) is 41.4 Å². The first kappa shape index (κ1) is 26.5. The van der Waals surface area contributed by atoms with E-state index in [2.05, 4.69) is 20.8 Å². The van der Waals surface area contributed by atoms with Gasteiger partial charge in [0.15, 0.2) is 0 Å². The lowest BCUT2D eigenvalue weighted by molar-refractivity contribution is -0.0135. The predicted octanol–water partition coefficient (Wildman–Crippen LogP) is 10.1. The van der Waals surface area contributed by atoms with Crippen molar-refractivity contribution in [1.29, 1.82) is 0 Å². The monoisotopic (exact) mass is 452 g/mol. The first-order valence-electron chi connectivity index (χ1n) is 14.8. The maximum atomic E-state index is 15.2. The fourth-order valence-corrected chi connectivity index (χ4v) is 8.02. The number of halogens is 2. The van der Waals surface area contributed by atoms with E-state index in [-0.39, 0.29) is 11.8 Å². The van der Waals surface area contributed by atoms with E-state index in [1.807, 2.05) is 0 Å². The van der Waals surface area contributed by atoms with Crippen LogP contribution in [0.25, 0.3) is 0 Å². The largest absolute Gasteiger partial charge is 0.247 e. The molecule has 0 aromatic heterocycles. The van der Waals surface area contributed by atoms with Crippen molar-refractivity contribution in [2.75, 3.05) is 0 Å². The summed E-state index contributed by atoms with van der Waals surface area (Å²) < 4.78 is 30.4. The Morgan fingerprint density at radius 3 is 1.66 bits per heavy atom. The molecule has 3 saturated carbocycles. The SMILES string of the molecule is CCCCCCCC(C)C1C(F)CC(C2CCC(C3CCC(CCC)CC3)CC2)CC1F. The zero-order valence-electron chi connectivity index (χ0n) is 21.7. The molecule has 0 bridgehead atoms. The Bertz CT molecular complexity index is 477. The van der Waals surface area contributed by atoms with Crippen LogP contribution in [0.15, 0.2) is 0 Å². The second-order valence-corrected chi connectivity index (χ2v) is 12.3. The van der Waals surface area contributed by atoms with Gasteiger partial charge in [-0.15, -0.1) is 0 Å². The molecule has 3 fully saturated rings. The van der Waals surface area contributed by atoms with Crippen LogP contribution in [0.4, 0.5) is 8.78 Å². The molecule has 3 rings (SSSR count). The summed E-state index contributed by atoms with van der Waals surface area (Å²) >= 11 is 0. The highest BCUT2D eigenvalue weighted by Crippen LogP contribution is 2.48. The maximum absolute atomic E-state index is 15.2. The Balaban J connectivity index is 1.39. The molecule has 0 aromatic carbocycles. The Morgan fingerprint density at radius 2 is 1.12 bits per heavy atom. The summed E-state index contributed by atoms with van der Waals surface area (Å²) in [5.41, 5.74) is 0. The number of hydrogen-bond donors (Lipinski definition) is 0. The molecule has 0 heterocycles. The Kier molecular flexibility index (Phi) is 11.3. The highest BCUT2D eigenvalue weighted by atomic mass is 19.1. The van der Waals surface area contributed by atoms with E-state index in [1.54, 1.807) is 0 Å². The third kappa shape index (κ3) is 7.43. The zero-order chi connectivity index (χ0) is 22.9. The quantitative estimate of drug-likeness (QED) is 0.273. The molecule has 2 heteroatoms. The van der Waals surface area contributed by atoms with Crippen molar-refractivity contribution in [3.63, 3.8) is 0 Å². The van der Waals surface area contributed by atoms with Gasteiger partial charge in [-0.3, -0.25) is 0 Å². The fraction of sp³-hybridized carbons (Fsp3) is 1.00. The molecule has 0 radical (unpaired) electrons. The van der Waals surface area contributed by atoms with Crippen LogP contribution in [0.3, 0.4) is 0 Å². The van der Waals surface area contributed by atoms with E-state index < -0.39 is 12.3 Å². The molecule has 188 valence electrons. The Morgan fingerprint density at radius 1 is 0.625 bits per heavy atom. The topological polar surface area (TPSA) is 0 Å². The molecule has 3 aliphatic carbocycles. The third-order valence-corrected chi connectivity index (χ3v) is 10.0. The third-order valence-electron chi connectivity index (χ3n) is 10.0. The zero-order valence-corrected chi connectivity index (χ0v) is 21.7. The number of unbranched alkanes of at least 4 members (excludes halogenated alkanes) is 4. The molecule has 0 N–H and O–H groups in total. The minimum Gasteiger partial charge on any atom is -0.247 e. The maximum Gasteiger partial charge on any atom is 0.106 e. The van der Waals surface area contributed by atoms with Crippen LogP contribution >= 0.6 is 0 Å². The van der Waals surface area contributed by atoms with Crippen molar-refractivity contribution in [3.05, 3.63) is 0 Å². The summed E-state index contributed by atoms with van der Waals surface area (Å²) in [6.45, 7) is 6.66. The molecule has 0 aliphatic heterocycles. The summed E-state index contributed by atoms with van der Waals surface area (Å²) in [6.07, 6.45) is 20.3. The first-order valence-corrected chi connectivity index (χ1v) is 14.8. The van der Waals surface area contributed by atoms with E-state index in [4.69, 9.17) is 0 Å². The van der Waals surface area contributed by atoms with Crippen molar-refractivity contribution in [2.45, 2.75) is 149 Å². The van der Waals surface area contributed by atoms with Gasteiger partial charge in [0.05, 0.1) is 0 Å². The van der Waals surface area contributed by atoms with E-state index in [9.17, 15) is 0 Å². The molecular weight excluding hydrogens is 398 g/mol. The summed E-state index contributed by atoms with van der Waals surface area (Å²) in [5, 5.41) is 0. The van der Waals surface area contributed by atoms with Gasteiger partial charge in [-0.2, -0.15) is 0 Å². The fourth-order valence-electron chi connectivity index (χ4n) is 8.02. The number of alkyl halides is 2. The van der Waals surface area contributed by atoms with E-state index in [0.717, 1.165) is 30.6 Å². The standard InChI is InChI=1S/C30H54F2/c1-4-6-7-8-9-11-22(3)30-28(31)20-27(21-29(30)32)26-18-16-25(17-19-26)24-14-12-23(10-5-2)13-15-24/h22-30H,4-21H2,1-3H3. The number of hydrogen-bond acceptors (Lipinski definition) is 0. The molecule has 0 aromatic rings. The lowest BCUT2D eigenvalue weighted by Crippen LogP contribution is -2.42. The van der Waals surface area contributed by atoms with Crippen LogP contribution in [-0.2, 0) is 0 Å². The van der Waals surface area contributed by atoms with E-state index in [1.165, 1.54) is 89.9 Å². The Labute approximate surface area is 199 Å². The van der Waals surface area contributed by atoms with E-state index in [0.29, 0.717) is 24.7 Å². The average molecular weight is 453 g/mol. The lowest BCUT2D eigenvalue weighted by Gasteiger charge is -2.44. The molecule has 3 atom stereocenters. The van der Waals surface area contributed by atoms with Gasteiger partial charge in [0, 0.05) is 5.92 Å². The highest BCUT2D eigenvalue weighted by Gasteiger charge is 2.44. The van der Waals surface area contributed by atoms with Crippen LogP contribution in [0.2, 0.25) is 0 Å². The van der Waals surface area contributed by atoms with Gasteiger partial charge >= 0.3 is 0 Å². The summed E-state index contributed by atoms with van der Waals surface area (Å²) in [6, 6.07) is 0. The molecule has 3 unspecified atom stereocenters. The van der Waals surface area contributed by atoms with Crippen molar-refractivity contribution >= 4 is 0 Å². The predicted molar refractivity (Wildman–Crippen MR) is 134 cm³/mol. The van der Waals surface area contributed by atoms with Gasteiger partial charge in [0.1, 0.15) is 12.3 Å². The van der Waals surface area contributed by atoms with Gasteiger partial charge in [0.25, 0.3) is 0 Å². The molecular formula is C30H54F2. The summed E-state index contributed by atoms with van der Waals surface area (Å²) in [4.78, 5) is 0. The van der Waals surface area contributed by atoms with Crippen LogP contribution in [0.5, 0.6) is 0 Å². The normalized spacial score (nSPS) is 39.7. The number of rotatable bonds is 11. The van der Waals surface area contributed by atoms with Crippen LogP contribution in [-0.4, -0.2) is 12.3 Å². The molecule has 0 amide bonds. The molecule has 0 nitrogen and oxygen atoms in total. The van der Waals surface area contributed by atoms with Crippen LogP contribution in [0, 0.1) is 41.4 Å². The van der Waals surface area contributed by atoms with Gasteiger partial charge < -0.3 is 0 Å². The van der Waals surface area contributed by atoms with Crippen LogP contribution < -0.4 is 0 Å². The smallest absolute Gasteiger partial charge is 0.106 e. The minimum atomic E-state index is -0.916. The van der Waals surface area contributed by atoms with E-state index >= 15 is 8.78 Å². The van der Waals surface area contributed by atoms with Crippen molar-refractivity contribution in [3.8, 4) is 0 Å². The molecule has 32 heavy (non-hydrogen) atoms.